The van der Waals surface area contributed by atoms with E-state index in [1.165, 1.54) is 10.8 Å². The van der Waals surface area contributed by atoms with Gasteiger partial charge in [0, 0.05) is 29.1 Å². The van der Waals surface area contributed by atoms with Crippen molar-refractivity contribution in [3.63, 3.8) is 0 Å². The van der Waals surface area contributed by atoms with Crippen molar-refractivity contribution in [2.75, 3.05) is 0 Å². The van der Waals surface area contributed by atoms with Crippen LogP contribution in [0.15, 0.2) is 48.7 Å². The number of aryl methyl sites for hydroxylation is 1. The third-order valence-corrected chi connectivity index (χ3v) is 3.52. The van der Waals surface area contributed by atoms with Gasteiger partial charge >= 0.3 is 0 Å². The highest BCUT2D eigenvalue weighted by atomic mass is 14.9. The van der Waals surface area contributed by atoms with E-state index in [-0.39, 0.29) is 6.04 Å². The Morgan fingerprint density at radius 1 is 1.05 bits per heavy atom. The lowest BCUT2D eigenvalue weighted by molar-refractivity contribution is 0.790. The summed E-state index contributed by atoms with van der Waals surface area (Å²) >= 11 is 0. The lowest BCUT2D eigenvalue weighted by Gasteiger charge is -2.10. The van der Waals surface area contributed by atoms with Crippen LogP contribution in [0.5, 0.6) is 0 Å². The molecule has 3 heteroatoms. The molecule has 1 aromatic heterocycles. The average molecular weight is 263 g/mol. The lowest BCUT2D eigenvalue weighted by atomic mass is 10.1. The quantitative estimate of drug-likeness (QED) is 0.768. The highest BCUT2D eigenvalue weighted by molar-refractivity contribution is 5.86. The second-order valence-corrected chi connectivity index (χ2v) is 5.08. The van der Waals surface area contributed by atoms with Gasteiger partial charge in [-0.05, 0) is 30.7 Å². The Labute approximate surface area is 118 Å². The number of rotatable bonds is 2. The molecule has 0 unspecified atom stereocenters. The molecule has 2 aromatic carbocycles. The SMILES string of the molecule is Cc1nc(-c2ccc3ccccc3c2)ncc1[C@@H](C)N. The van der Waals surface area contributed by atoms with Crippen molar-refractivity contribution in [1.82, 2.24) is 9.97 Å². The molecule has 1 heterocycles. The molecule has 2 N–H and O–H groups in total. The lowest BCUT2D eigenvalue weighted by Crippen LogP contribution is -2.09. The number of hydrogen-bond acceptors (Lipinski definition) is 3. The molecule has 0 saturated carbocycles. The Balaban J connectivity index is 2.08. The molecule has 20 heavy (non-hydrogen) atoms. The van der Waals surface area contributed by atoms with Gasteiger partial charge in [0.1, 0.15) is 0 Å². The Bertz CT molecular complexity index is 763. The number of hydrogen-bond donors (Lipinski definition) is 1. The van der Waals surface area contributed by atoms with Crippen molar-refractivity contribution < 1.29 is 0 Å². The van der Waals surface area contributed by atoms with E-state index in [0.29, 0.717) is 0 Å². The van der Waals surface area contributed by atoms with Crippen molar-refractivity contribution in [3.8, 4) is 11.4 Å². The van der Waals surface area contributed by atoms with Crippen LogP contribution in [0.4, 0.5) is 0 Å². The Morgan fingerprint density at radius 3 is 2.50 bits per heavy atom. The standard InChI is InChI=1S/C17H17N3/c1-11(18)16-10-19-17(20-12(16)2)15-8-7-13-5-3-4-6-14(13)9-15/h3-11H,18H2,1-2H3/t11-/m1/s1. The van der Waals surface area contributed by atoms with Gasteiger partial charge in [0.2, 0.25) is 0 Å². The molecular weight excluding hydrogens is 246 g/mol. The van der Waals surface area contributed by atoms with Gasteiger partial charge in [-0.2, -0.15) is 0 Å². The molecule has 0 fully saturated rings. The normalized spacial score (nSPS) is 12.6. The third kappa shape index (κ3) is 2.28. The van der Waals surface area contributed by atoms with Gasteiger partial charge in [-0.15, -0.1) is 0 Å². The molecule has 3 nitrogen and oxygen atoms in total. The van der Waals surface area contributed by atoms with Gasteiger partial charge in [0.05, 0.1) is 0 Å². The molecular formula is C17H17N3. The van der Waals surface area contributed by atoms with Crippen LogP contribution >= 0.6 is 0 Å². The molecule has 0 spiro atoms. The van der Waals surface area contributed by atoms with Crippen LogP contribution in [0, 0.1) is 6.92 Å². The van der Waals surface area contributed by atoms with Crippen LogP contribution in [-0.2, 0) is 0 Å². The van der Waals surface area contributed by atoms with Crippen molar-refractivity contribution in [2.45, 2.75) is 19.9 Å². The fourth-order valence-electron chi connectivity index (χ4n) is 2.39. The molecule has 0 amide bonds. The van der Waals surface area contributed by atoms with E-state index in [4.69, 9.17) is 5.73 Å². The summed E-state index contributed by atoms with van der Waals surface area (Å²) in [5.74, 6) is 0.748. The zero-order valence-corrected chi connectivity index (χ0v) is 11.7. The fourth-order valence-corrected chi connectivity index (χ4v) is 2.39. The van der Waals surface area contributed by atoms with E-state index in [1.807, 2.05) is 32.2 Å². The number of fused-ring (bicyclic) bond motifs is 1. The largest absolute Gasteiger partial charge is 0.324 e. The summed E-state index contributed by atoms with van der Waals surface area (Å²) in [5.41, 5.74) is 8.87. The van der Waals surface area contributed by atoms with Gasteiger partial charge < -0.3 is 5.73 Å². The molecule has 3 aromatic rings. The second kappa shape index (κ2) is 5.02. The van der Waals surface area contributed by atoms with Crippen LogP contribution in [-0.4, -0.2) is 9.97 Å². The Morgan fingerprint density at radius 2 is 1.80 bits per heavy atom. The highest BCUT2D eigenvalue weighted by Crippen LogP contribution is 2.23. The van der Waals surface area contributed by atoms with Gasteiger partial charge in [0.25, 0.3) is 0 Å². The molecule has 100 valence electrons. The molecule has 0 aliphatic carbocycles. The minimum Gasteiger partial charge on any atom is -0.324 e. The molecule has 0 saturated heterocycles. The number of aromatic nitrogens is 2. The summed E-state index contributed by atoms with van der Waals surface area (Å²) in [7, 11) is 0. The second-order valence-electron chi connectivity index (χ2n) is 5.08. The van der Waals surface area contributed by atoms with E-state index in [0.717, 1.165) is 22.6 Å². The van der Waals surface area contributed by atoms with E-state index in [1.54, 1.807) is 0 Å². The highest BCUT2D eigenvalue weighted by Gasteiger charge is 2.08. The zero-order valence-electron chi connectivity index (χ0n) is 11.7. The van der Waals surface area contributed by atoms with Gasteiger partial charge in [-0.25, -0.2) is 9.97 Å². The first-order valence-corrected chi connectivity index (χ1v) is 6.73. The van der Waals surface area contributed by atoms with E-state index >= 15 is 0 Å². The summed E-state index contributed by atoms with van der Waals surface area (Å²) in [6.07, 6.45) is 1.83. The minimum atomic E-state index is -0.0411. The number of nitrogens with two attached hydrogens (primary N) is 1. The summed E-state index contributed by atoms with van der Waals surface area (Å²) < 4.78 is 0. The summed E-state index contributed by atoms with van der Waals surface area (Å²) in [5, 5.41) is 2.42. The predicted molar refractivity (Wildman–Crippen MR) is 82.3 cm³/mol. The maximum absolute atomic E-state index is 5.90. The third-order valence-electron chi connectivity index (χ3n) is 3.52. The van der Waals surface area contributed by atoms with E-state index in [2.05, 4.69) is 40.3 Å². The zero-order chi connectivity index (χ0) is 14.1. The summed E-state index contributed by atoms with van der Waals surface area (Å²) in [6.45, 7) is 3.92. The maximum Gasteiger partial charge on any atom is 0.159 e. The average Bonchev–Trinajstić information content (AvgIpc) is 2.46. The monoisotopic (exact) mass is 263 g/mol. The molecule has 0 bridgehead atoms. The van der Waals surface area contributed by atoms with Gasteiger partial charge in [-0.1, -0.05) is 36.4 Å². The molecule has 0 radical (unpaired) electrons. The van der Waals surface area contributed by atoms with Gasteiger partial charge in [-0.3, -0.25) is 0 Å². The van der Waals surface area contributed by atoms with E-state index < -0.39 is 0 Å². The van der Waals surface area contributed by atoms with Gasteiger partial charge in [0.15, 0.2) is 5.82 Å². The topological polar surface area (TPSA) is 51.8 Å². The Kier molecular flexibility index (Phi) is 3.20. The van der Waals surface area contributed by atoms with Crippen LogP contribution in [0.3, 0.4) is 0 Å². The van der Waals surface area contributed by atoms with Crippen LogP contribution in [0.25, 0.3) is 22.2 Å². The predicted octanol–water partition coefficient (Wildman–Crippen LogP) is 3.62. The first-order chi connectivity index (χ1) is 9.65. The molecule has 0 aliphatic heterocycles. The van der Waals surface area contributed by atoms with Crippen LogP contribution in [0.1, 0.15) is 24.2 Å². The molecule has 0 aliphatic rings. The molecule has 1 atom stereocenters. The molecule has 3 rings (SSSR count). The van der Waals surface area contributed by atoms with Crippen LogP contribution < -0.4 is 5.73 Å². The van der Waals surface area contributed by atoms with Crippen LogP contribution in [0.2, 0.25) is 0 Å². The summed E-state index contributed by atoms with van der Waals surface area (Å²) in [4.78, 5) is 9.03. The Hall–Kier alpha value is -2.26. The number of nitrogens with zero attached hydrogens (tertiary/aromatic N) is 2. The first-order valence-electron chi connectivity index (χ1n) is 6.73. The summed E-state index contributed by atoms with van der Waals surface area (Å²) in [6, 6.07) is 14.5. The van der Waals surface area contributed by atoms with Crippen molar-refractivity contribution in [1.29, 1.82) is 0 Å². The van der Waals surface area contributed by atoms with Crippen molar-refractivity contribution in [3.05, 3.63) is 59.9 Å². The minimum absolute atomic E-state index is 0.0411. The van der Waals surface area contributed by atoms with E-state index in [9.17, 15) is 0 Å². The fraction of sp³-hybridized carbons (Fsp3) is 0.176. The first kappa shape index (κ1) is 12.8. The maximum atomic E-state index is 5.90. The smallest absolute Gasteiger partial charge is 0.159 e. The van der Waals surface area contributed by atoms with Crippen molar-refractivity contribution in [2.24, 2.45) is 5.73 Å². The number of benzene rings is 2. The van der Waals surface area contributed by atoms with Crippen molar-refractivity contribution >= 4 is 10.8 Å².